The molecule has 0 aliphatic heterocycles. The van der Waals surface area contributed by atoms with E-state index in [1.54, 1.807) is 81.2 Å². The normalized spacial score (nSPS) is 16.7. The summed E-state index contributed by atoms with van der Waals surface area (Å²) in [7, 11) is -14.5. The lowest BCUT2D eigenvalue weighted by Gasteiger charge is -2.50. The molecule has 0 heterocycles. The van der Waals surface area contributed by atoms with Crippen LogP contribution in [-0.4, -0.2) is 56.5 Å². The summed E-state index contributed by atoms with van der Waals surface area (Å²) in [5, 5.41) is 17.7. The lowest BCUT2D eigenvalue weighted by atomic mass is 10.1. The van der Waals surface area contributed by atoms with Crippen LogP contribution in [0, 0.1) is 47.5 Å². The van der Waals surface area contributed by atoms with Gasteiger partial charge in [-0.3, -0.25) is 0 Å². The van der Waals surface area contributed by atoms with Crippen LogP contribution in [0.5, 0.6) is 0 Å². The first kappa shape index (κ1) is 49.3. The standard InChI is InChI=1S/C51H88Si7/c1-32-29-42(52(11,12)13)49(39(8)45(32)55(20,21)22)58(48-37(6)35(4)36(5)38(48)7,50-40(9)46(56(23,24)25)33(2)30-43(50)53(14,15)16)51-41(10)47(57(26,27)28)34(3)31-44(51)54(17,18)19/h29-31,37H,1-28H3. The lowest BCUT2D eigenvalue weighted by molar-refractivity contribution is 0.851. The van der Waals surface area contributed by atoms with Crippen LogP contribution in [-0.2, 0) is 0 Å². The van der Waals surface area contributed by atoms with Crippen molar-refractivity contribution in [3.05, 3.63) is 73.5 Å². The second kappa shape index (κ2) is 15.5. The molecule has 320 valence electrons. The highest BCUT2D eigenvalue weighted by Gasteiger charge is 2.56. The number of benzene rings is 3. The maximum atomic E-state index is 2.81. The first-order valence-electron chi connectivity index (χ1n) is 22.6. The van der Waals surface area contributed by atoms with Crippen molar-refractivity contribution in [3.8, 4) is 0 Å². The van der Waals surface area contributed by atoms with Gasteiger partial charge in [-0.25, -0.2) is 0 Å². The maximum absolute atomic E-state index is 3.19. The van der Waals surface area contributed by atoms with Gasteiger partial charge in [0.05, 0.1) is 48.4 Å². The van der Waals surface area contributed by atoms with Gasteiger partial charge in [0.2, 0.25) is 0 Å². The van der Waals surface area contributed by atoms with Gasteiger partial charge in [0.25, 0.3) is 0 Å². The quantitative estimate of drug-likeness (QED) is 0.141. The molecule has 7 heteroatoms. The molecule has 4 rings (SSSR count). The lowest BCUT2D eigenvalue weighted by Crippen LogP contribution is -2.84. The Labute approximate surface area is 367 Å². The highest BCUT2D eigenvalue weighted by Crippen LogP contribution is 2.42. The smallest absolute Gasteiger partial charge is 0.0656 e. The van der Waals surface area contributed by atoms with Crippen molar-refractivity contribution < 1.29 is 0 Å². The molecule has 1 aliphatic rings. The van der Waals surface area contributed by atoms with Gasteiger partial charge in [-0.2, -0.15) is 0 Å². The molecule has 0 aromatic heterocycles. The molecule has 0 amide bonds. The second-order valence-electron chi connectivity index (χ2n) is 25.2. The fraction of sp³-hybridized carbons (Fsp3) is 0.569. The molecule has 1 atom stereocenters. The minimum atomic E-state index is -3.19. The van der Waals surface area contributed by atoms with Gasteiger partial charge in [0, 0.05) is 0 Å². The SMILES string of the molecule is CC1=C(C)C(C)C([Si](c2c([Si](C)(C)C)cc(C)c([Si](C)(C)C)c2C)(c2c([Si](C)(C)C)cc(C)c([Si](C)(C)C)c2C)c2c([Si](C)(C)C)cc(C)c([Si](C)(C)C)c2C)=C1C. The number of hydrogen-bond donors (Lipinski definition) is 0. The van der Waals surface area contributed by atoms with Crippen LogP contribution in [0.2, 0.25) is 118 Å². The Kier molecular flexibility index (Phi) is 13.2. The highest BCUT2D eigenvalue weighted by molar-refractivity contribution is 7.23. The molecule has 0 saturated carbocycles. The van der Waals surface area contributed by atoms with Crippen LogP contribution in [0.4, 0.5) is 0 Å². The summed E-state index contributed by atoms with van der Waals surface area (Å²) in [5.74, 6) is 0.383. The summed E-state index contributed by atoms with van der Waals surface area (Å²) in [6.45, 7) is 73.3. The molecule has 0 bridgehead atoms. The van der Waals surface area contributed by atoms with Crippen molar-refractivity contribution in [2.45, 2.75) is 187 Å². The van der Waals surface area contributed by atoms with Gasteiger partial charge in [-0.1, -0.05) is 224 Å². The van der Waals surface area contributed by atoms with Crippen LogP contribution in [0.1, 0.15) is 61.1 Å². The monoisotopic (exact) mass is 897 g/mol. The third kappa shape index (κ3) is 8.19. The molecule has 1 aliphatic carbocycles. The number of aryl methyl sites for hydroxylation is 3. The van der Waals surface area contributed by atoms with Crippen molar-refractivity contribution in [2.75, 3.05) is 0 Å². The Bertz CT molecular complexity index is 2010. The van der Waals surface area contributed by atoms with Crippen LogP contribution >= 0.6 is 0 Å². The van der Waals surface area contributed by atoms with Crippen LogP contribution in [0.15, 0.2) is 40.1 Å². The number of allylic oxidation sites excluding steroid dienone is 4. The van der Waals surface area contributed by atoms with Crippen molar-refractivity contribution in [2.24, 2.45) is 5.92 Å². The van der Waals surface area contributed by atoms with E-state index in [-0.39, 0.29) is 0 Å². The molecule has 3 aromatic rings. The van der Waals surface area contributed by atoms with E-state index in [2.05, 4.69) is 205 Å². The molecule has 0 spiro atoms. The average molecular weight is 898 g/mol. The van der Waals surface area contributed by atoms with Gasteiger partial charge >= 0.3 is 0 Å². The highest BCUT2D eigenvalue weighted by atomic mass is 28.3. The molecule has 1 unspecified atom stereocenters. The van der Waals surface area contributed by atoms with E-state index in [0.717, 1.165) is 0 Å². The van der Waals surface area contributed by atoms with Gasteiger partial charge in [0.15, 0.2) is 8.07 Å². The summed E-state index contributed by atoms with van der Waals surface area (Å²) in [6, 6.07) is 8.42. The minimum absolute atomic E-state index is 0.383. The Morgan fingerprint density at radius 1 is 0.328 bits per heavy atom. The van der Waals surface area contributed by atoms with Crippen molar-refractivity contribution >= 4 is 103 Å². The van der Waals surface area contributed by atoms with Crippen LogP contribution in [0.3, 0.4) is 0 Å². The predicted molar refractivity (Wildman–Crippen MR) is 291 cm³/mol. The third-order valence-electron chi connectivity index (χ3n) is 14.2. The summed E-state index contributed by atoms with van der Waals surface area (Å²) in [4.78, 5) is 0. The topological polar surface area (TPSA) is 0 Å². The van der Waals surface area contributed by atoms with Crippen molar-refractivity contribution in [1.82, 2.24) is 0 Å². The molecule has 0 fully saturated rings. The Morgan fingerprint density at radius 2 is 0.569 bits per heavy atom. The molecule has 58 heavy (non-hydrogen) atoms. The van der Waals surface area contributed by atoms with Gasteiger partial charge in [-0.15, -0.1) is 0 Å². The summed E-state index contributed by atoms with van der Waals surface area (Å²) >= 11 is 0. The zero-order chi connectivity index (χ0) is 45.2. The molecule has 0 saturated heterocycles. The summed E-state index contributed by atoms with van der Waals surface area (Å²) in [6.07, 6.45) is 0. The Balaban J connectivity index is 2.87. The Hall–Kier alpha value is -1.34. The van der Waals surface area contributed by atoms with Crippen LogP contribution in [0.25, 0.3) is 0 Å². The van der Waals surface area contributed by atoms with E-state index >= 15 is 0 Å². The minimum Gasteiger partial charge on any atom is -0.0656 e. The Morgan fingerprint density at radius 3 is 0.741 bits per heavy atom. The molecular weight excluding hydrogens is 809 g/mol. The van der Waals surface area contributed by atoms with Crippen molar-refractivity contribution in [3.63, 3.8) is 0 Å². The van der Waals surface area contributed by atoms with Gasteiger partial charge in [0.1, 0.15) is 0 Å². The predicted octanol–water partition coefficient (Wildman–Crippen LogP) is 10.1. The molecular formula is C51H88Si7. The maximum Gasteiger partial charge on any atom is 0.176 e. The number of rotatable bonds is 10. The van der Waals surface area contributed by atoms with Crippen molar-refractivity contribution in [1.29, 1.82) is 0 Å². The van der Waals surface area contributed by atoms with E-state index in [1.165, 1.54) is 0 Å². The van der Waals surface area contributed by atoms with E-state index in [1.807, 2.05) is 20.8 Å². The molecule has 0 N–H and O–H groups in total. The first-order chi connectivity index (χ1) is 25.8. The van der Waals surface area contributed by atoms with E-state index < -0.39 is 56.5 Å². The zero-order valence-electron chi connectivity index (χ0n) is 43.3. The second-order valence-corrected chi connectivity index (χ2v) is 58.8. The summed E-state index contributed by atoms with van der Waals surface area (Å²) in [5.41, 5.74) is 14.4. The average Bonchev–Trinajstić information content (AvgIpc) is 3.17. The molecule has 0 radical (unpaired) electrons. The first-order valence-corrected chi connectivity index (χ1v) is 45.6. The summed E-state index contributed by atoms with van der Waals surface area (Å²) < 4.78 is 0. The fourth-order valence-corrected chi connectivity index (χ4v) is 36.8. The zero-order valence-corrected chi connectivity index (χ0v) is 50.3. The van der Waals surface area contributed by atoms with E-state index in [0.29, 0.717) is 5.92 Å². The molecule has 0 nitrogen and oxygen atoms in total. The van der Waals surface area contributed by atoms with E-state index in [9.17, 15) is 0 Å². The van der Waals surface area contributed by atoms with Gasteiger partial charge < -0.3 is 0 Å². The number of hydrogen-bond acceptors (Lipinski definition) is 0. The largest absolute Gasteiger partial charge is 0.176 e. The third-order valence-corrected chi connectivity index (χ3v) is 33.6. The van der Waals surface area contributed by atoms with Gasteiger partial charge in [-0.05, 0) is 89.4 Å². The molecule has 3 aromatic carbocycles. The van der Waals surface area contributed by atoms with Crippen LogP contribution < -0.4 is 46.7 Å². The fourth-order valence-electron chi connectivity index (χ4n) is 12.4. The van der Waals surface area contributed by atoms with E-state index in [4.69, 9.17) is 0 Å².